The average molecular weight is 299 g/mol. The Morgan fingerprint density at radius 3 is 2.86 bits per heavy atom. The summed E-state index contributed by atoms with van der Waals surface area (Å²) < 4.78 is 13.2. The number of fused-ring (bicyclic) bond motifs is 1. The molecule has 0 aromatic heterocycles. The number of halogens is 1. The molecule has 1 atom stereocenters. The van der Waals surface area contributed by atoms with Gasteiger partial charge in [0.2, 0.25) is 0 Å². The van der Waals surface area contributed by atoms with Crippen LogP contribution in [0.4, 0.5) is 4.39 Å². The Morgan fingerprint density at radius 1 is 1.45 bits per heavy atom. The molecule has 114 valence electrons. The fourth-order valence-corrected chi connectivity index (χ4v) is 3.01. The minimum Gasteiger partial charge on any atom is -0.386 e. The lowest BCUT2D eigenvalue weighted by atomic mass is 9.97. The minimum absolute atomic E-state index is 0.0905. The summed E-state index contributed by atoms with van der Waals surface area (Å²) in [6.07, 6.45) is 1.70. The molecule has 0 bridgehead atoms. The van der Waals surface area contributed by atoms with Crippen molar-refractivity contribution in [3.05, 3.63) is 59.6 Å². The fraction of sp³-hybridized carbons (Fsp3) is 0.294. The summed E-state index contributed by atoms with van der Waals surface area (Å²) >= 11 is 0. The molecule has 2 aliphatic rings. The summed E-state index contributed by atoms with van der Waals surface area (Å²) in [5.74, 6) is -0.380. The van der Waals surface area contributed by atoms with Crippen molar-refractivity contribution in [1.82, 2.24) is 10.2 Å². The van der Waals surface area contributed by atoms with Crippen molar-refractivity contribution >= 4 is 11.6 Å². The Bertz CT molecular complexity index is 676. The lowest BCUT2D eigenvalue weighted by Crippen LogP contribution is -2.30. The van der Waals surface area contributed by atoms with Crippen molar-refractivity contribution < 1.29 is 9.18 Å². The second-order valence-electron chi connectivity index (χ2n) is 5.40. The molecule has 4 nitrogen and oxygen atoms in total. The highest BCUT2D eigenvalue weighted by Gasteiger charge is 2.42. The largest absolute Gasteiger partial charge is 0.386 e. The van der Waals surface area contributed by atoms with E-state index in [4.69, 9.17) is 0 Å². The Balaban J connectivity index is 2.15. The van der Waals surface area contributed by atoms with Crippen LogP contribution in [-0.4, -0.2) is 36.2 Å². The number of hydrogen-bond acceptors (Lipinski definition) is 3. The van der Waals surface area contributed by atoms with Gasteiger partial charge in [-0.3, -0.25) is 9.79 Å². The molecule has 1 saturated heterocycles. The van der Waals surface area contributed by atoms with Crippen LogP contribution in [-0.2, 0) is 4.79 Å². The first-order valence-electron chi connectivity index (χ1n) is 7.30. The normalized spacial score (nSPS) is 21.2. The molecule has 22 heavy (non-hydrogen) atoms. The maximum Gasteiger partial charge on any atom is 0.273 e. The number of aliphatic imine (C=N–C) groups is 1. The topological polar surface area (TPSA) is 44.7 Å². The molecular formula is C17H18FN3O. The highest BCUT2D eigenvalue weighted by atomic mass is 19.1. The molecule has 1 fully saturated rings. The van der Waals surface area contributed by atoms with Crippen molar-refractivity contribution in [3.8, 4) is 0 Å². The first-order chi connectivity index (χ1) is 10.6. The Kier molecular flexibility index (Phi) is 3.79. The second kappa shape index (κ2) is 5.75. The SMILES string of the molecule is C=CCN1C(=O)C2=NCCNC(C)=C2C1c1ccc(F)cc1. The predicted octanol–water partition coefficient (Wildman–Crippen LogP) is 2.21. The van der Waals surface area contributed by atoms with Crippen molar-refractivity contribution in [2.45, 2.75) is 13.0 Å². The molecule has 1 aromatic carbocycles. The summed E-state index contributed by atoms with van der Waals surface area (Å²) in [4.78, 5) is 18.9. The van der Waals surface area contributed by atoms with Crippen LogP contribution in [0.15, 0.2) is 53.2 Å². The number of nitrogens with zero attached hydrogens (tertiary/aromatic N) is 2. The van der Waals surface area contributed by atoms with Gasteiger partial charge in [-0.2, -0.15) is 0 Å². The maximum absolute atomic E-state index is 13.2. The van der Waals surface area contributed by atoms with E-state index in [1.165, 1.54) is 12.1 Å². The van der Waals surface area contributed by atoms with Crippen LogP contribution in [0.3, 0.4) is 0 Å². The molecule has 1 N–H and O–H groups in total. The molecule has 2 aliphatic heterocycles. The number of amides is 1. The highest BCUT2D eigenvalue weighted by molar-refractivity contribution is 6.48. The van der Waals surface area contributed by atoms with Crippen LogP contribution >= 0.6 is 0 Å². The summed E-state index contributed by atoms with van der Waals surface area (Å²) in [5.41, 5.74) is 3.22. The van der Waals surface area contributed by atoms with Gasteiger partial charge in [-0.05, 0) is 24.6 Å². The van der Waals surface area contributed by atoms with Crippen LogP contribution in [0.1, 0.15) is 18.5 Å². The zero-order chi connectivity index (χ0) is 15.7. The quantitative estimate of drug-likeness (QED) is 0.870. The van der Waals surface area contributed by atoms with Crippen molar-refractivity contribution in [3.63, 3.8) is 0 Å². The first-order valence-corrected chi connectivity index (χ1v) is 7.30. The van der Waals surface area contributed by atoms with E-state index >= 15 is 0 Å². The summed E-state index contributed by atoms with van der Waals surface area (Å²) in [6, 6.07) is 6.02. The maximum atomic E-state index is 13.2. The minimum atomic E-state index is -0.290. The Hall–Kier alpha value is -2.43. The van der Waals surface area contributed by atoms with Crippen LogP contribution in [0, 0.1) is 5.82 Å². The standard InChI is InChI=1S/C17H18FN3O/c1-3-10-21-16(12-4-6-13(18)7-5-12)14-11(2)19-8-9-20-15(14)17(21)22/h3-7,16,19H,1,8-10H2,2H3. The Labute approximate surface area is 129 Å². The van der Waals surface area contributed by atoms with E-state index in [1.54, 1.807) is 23.1 Å². The van der Waals surface area contributed by atoms with Gasteiger partial charge in [-0.25, -0.2) is 4.39 Å². The first kappa shape index (κ1) is 14.5. The van der Waals surface area contributed by atoms with Gasteiger partial charge < -0.3 is 10.2 Å². The van der Waals surface area contributed by atoms with E-state index < -0.39 is 0 Å². The van der Waals surface area contributed by atoms with Crippen molar-refractivity contribution in [2.24, 2.45) is 4.99 Å². The second-order valence-corrected chi connectivity index (χ2v) is 5.40. The van der Waals surface area contributed by atoms with E-state index in [1.807, 2.05) is 6.92 Å². The number of likely N-dealkylation sites (tertiary alicyclic amines) is 1. The van der Waals surface area contributed by atoms with Crippen molar-refractivity contribution in [2.75, 3.05) is 19.6 Å². The number of allylic oxidation sites excluding steroid dienone is 1. The summed E-state index contributed by atoms with van der Waals surface area (Å²) in [5, 5.41) is 3.30. The third-order valence-electron chi connectivity index (χ3n) is 3.99. The number of rotatable bonds is 3. The lowest BCUT2D eigenvalue weighted by Gasteiger charge is -2.24. The molecule has 0 spiro atoms. The molecule has 0 aliphatic carbocycles. The van der Waals surface area contributed by atoms with Gasteiger partial charge in [0.25, 0.3) is 5.91 Å². The van der Waals surface area contributed by atoms with Gasteiger partial charge in [-0.15, -0.1) is 6.58 Å². The van der Waals surface area contributed by atoms with Gasteiger partial charge in [0.05, 0.1) is 12.6 Å². The van der Waals surface area contributed by atoms with Gasteiger partial charge in [-0.1, -0.05) is 18.2 Å². The summed E-state index contributed by atoms with van der Waals surface area (Å²) in [6.45, 7) is 7.39. The molecule has 0 radical (unpaired) electrons. The zero-order valence-electron chi connectivity index (χ0n) is 12.5. The zero-order valence-corrected chi connectivity index (χ0v) is 12.5. The van der Waals surface area contributed by atoms with E-state index in [9.17, 15) is 9.18 Å². The fourth-order valence-electron chi connectivity index (χ4n) is 3.01. The molecule has 5 heteroatoms. The number of nitrogens with one attached hydrogen (secondary N) is 1. The molecule has 1 aromatic rings. The van der Waals surface area contributed by atoms with E-state index in [0.717, 1.165) is 16.8 Å². The van der Waals surface area contributed by atoms with Gasteiger partial charge in [0, 0.05) is 24.4 Å². The van der Waals surface area contributed by atoms with Crippen LogP contribution in [0.25, 0.3) is 0 Å². The number of carbonyl (C=O) groups is 1. The molecule has 3 rings (SSSR count). The molecular weight excluding hydrogens is 281 g/mol. The number of benzene rings is 1. The van der Waals surface area contributed by atoms with Crippen LogP contribution < -0.4 is 5.32 Å². The average Bonchev–Trinajstić information content (AvgIpc) is 2.66. The number of hydrogen-bond donors (Lipinski definition) is 1. The van der Waals surface area contributed by atoms with Crippen LogP contribution in [0.2, 0.25) is 0 Å². The van der Waals surface area contributed by atoms with Gasteiger partial charge in [0.15, 0.2) is 0 Å². The van der Waals surface area contributed by atoms with Gasteiger partial charge in [0.1, 0.15) is 11.5 Å². The predicted molar refractivity (Wildman–Crippen MR) is 84.1 cm³/mol. The van der Waals surface area contributed by atoms with E-state index in [-0.39, 0.29) is 17.8 Å². The smallest absolute Gasteiger partial charge is 0.273 e. The highest BCUT2D eigenvalue weighted by Crippen LogP contribution is 2.38. The molecule has 0 saturated carbocycles. The van der Waals surface area contributed by atoms with Gasteiger partial charge >= 0.3 is 0 Å². The van der Waals surface area contributed by atoms with Crippen LogP contribution in [0.5, 0.6) is 0 Å². The third-order valence-corrected chi connectivity index (χ3v) is 3.99. The lowest BCUT2D eigenvalue weighted by molar-refractivity contribution is -0.123. The monoisotopic (exact) mass is 299 g/mol. The summed E-state index contributed by atoms with van der Waals surface area (Å²) in [7, 11) is 0. The van der Waals surface area contributed by atoms with Crippen molar-refractivity contribution in [1.29, 1.82) is 0 Å². The molecule has 1 unspecified atom stereocenters. The van der Waals surface area contributed by atoms with E-state index in [0.29, 0.717) is 25.3 Å². The third kappa shape index (κ3) is 2.32. The van der Waals surface area contributed by atoms with E-state index in [2.05, 4.69) is 16.9 Å². The number of carbonyl (C=O) groups excluding carboxylic acids is 1. The Morgan fingerprint density at radius 2 is 2.18 bits per heavy atom. The molecule has 2 heterocycles. The molecule has 1 amide bonds.